The van der Waals surface area contributed by atoms with Gasteiger partial charge in [0.05, 0.1) is 5.39 Å². The Morgan fingerprint density at radius 2 is 1.61 bits per heavy atom. The number of aromatic nitrogens is 2. The molecular weight excluding hydrogens is 456 g/mol. The highest BCUT2D eigenvalue weighted by molar-refractivity contribution is 7.92. The van der Waals surface area contributed by atoms with Crippen molar-refractivity contribution in [2.45, 2.75) is 0 Å². The Bertz CT molecular complexity index is 1240. The van der Waals surface area contributed by atoms with Crippen molar-refractivity contribution in [3.63, 3.8) is 0 Å². The summed E-state index contributed by atoms with van der Waals surface area (Å²) in [5.41, 5.74) is 2.43. The number of likely N-dealkylation sites (N-methyl/N-ethyl adjacent to an activating group) is 1. The summed E-state index contributed by atoms with van der Waals surface area (Å²) in [5, 5.41) is 2.03. The molecule has 0 aliphatic carbocycles. The van der Waals surface area contributed by atoms with Gasteiger partial charge in [0.15, 0.2) is 0 Å². The zero-order chi connectivity index (χ0) is 23.0. The SMILES string of the molecule is C=CS(=O)(=O)N1CCN(c2ncnc3sc(-c4ccc(N5CCN(C)CC5)cc4)cc23)CC1. The van der Waals surface area contributed by atoms with Crippen LogP contribution in [0.5, 0.6) is 0 Å². The van der Waals surface area contributed by atoms with Gasteiger partial charge in [-0.3, -0.25) is 0 Å². The summed E-state index contributed by atoms with van der Waals surface area (Å²) < 4.78 is 25.6. The minimum absolute atomic E-state index is 0.421. The van der Waals surface area contributed by atoms with Gasteiger partial charge in [-0.2, -0.15) is 4.31 Å². The van der Waals surface area contributed by atoms with Gasteiger partial charge < -0.3 is 14.7 Å². The second kappa shape index (κ2) is 9.02. The molecule has 0 saturated carbocycles. The van der Waals surface area contributed by atoms with Crippen molar-refractivity contribution in [3.05, 3.63) is 48.6 Å². The molecule has 0 bridgehead atoms. The highest BCUT2D eigenvalue weighted by Crippen LogP contribution is 2.37. The van der Waals surface area contributed by atoms with E-state index < -0.39 is 10.0 Å². The van der Waals surface area contributed by atoms with E-state index in [1.54, 1.807) is 17.7 Å². The van der Waals surface area contributed by atoms with E-state index in [4.69, 9.17) is 0 Å². The molecule has 0 radical (unpaired) electrons. The minimum Gasteiger partial charge on any atom is -0.369 e. The van der Waals surface area contributed by atoms with Crippen molar-refractivity contribution >= 4 is 43.1 Å². The third kappa shape index (κ3) is 4.48. The molecule has 0 atom stereocenters. The summed E-state index contributed by atoms with van der Waals surface area (Å²) >= 11 is 1.66. The van der Waals surface area contributed by atoms with E-state index in [9.17, 15) is 8.42 Å². The van der Waals surface area contributed by atoms with Crippen molar-refractivity contribution in [2.75, 3.05) is 69.2 Å². The smallest absolute Gasteiger partial charge is 0.235 e. The maximum Gasteiger partial charge on any atom is 0.235 e. The summed E-state index contributed by atoms with van der Waals surface area (Å²) in [6.45, 7) is 9.73. The number of hydrogen-bond donors (Lipinski definition) is 0. The van der Waals surface area contributed by atoms with Gasteiger partial charge in [-0.25, -0.2) is 18.4 Å². The molecule has 2 aliphatic heterocycles. The van der Waals surface area contributed by atoms with Gasteiger partial charge in [0.1, 0.15) is 17.0 Å². The number of piperazine rings is 2. The molecule has 2 aliphatic rings. The average molecular weight is 485 g/mol. The Labute approximate surface area is 198 Å². The van der Waals surface area contributed by atoms with Crippen molar-refractivity contribution in [2.24, 2.45) is 0 Å². The lowest BCUT2D eigenvalue weighted by atomic mass is 10.1. The Balaban J connectivity index is 1.36. The number of rotatable bonds is 5. The number of sulfonamides is 1. The standard InChI is InChI=1S/C23H28N6O2S2/c1-3-33(30,31)29-14-12-28(13-15-29)22-20-16-21(32-23(20)25-17-24-22)18-4-6-19(7-5-18)27-10-8-26(2)9-11-27/h3-7,16-17H,1,8-15H2,2H3. The molecule has 5 rings (SSSR count). The molecule has 1 aromatic carbocycles. The fourth-order valence-electron chi connectivity index (χ4n) is 4.40. The number of nitrogens with zero attached hydrogens (tertiary/aromatic N) is 6. The van der Waals surface area contributed by atoms with Crippen LogP contribution in [0.1, 0.15) is 0 Å². The van der Waals surface area contributed by atoms with Crippen LogP contribution in [-0.2, 0) is 10.0 Å². The highest BCUT2D eigenvalue weighted by Gasteiger charge is 2.26. The second-order valence-electron chi connectivity index (χ2n) is 8.46. The van der Waals surface area contributed by atoms with E-state index in [0.717, 1.165) is 52.5 Å². The monoisotopic (exact) mass is 484 g/mol. The van der Waals surface area contributed by atoms with Crippen LogP contribution in [-0.4, -0.2) is 87.0 Å². The maximum atomic E-state index is 12.1. The van der Waals surface area contributed by atoms with E-state index >= 15 is 0 Å². The second-order valence-corrected chi connectivity index (χ2v) is 11.4. The molecule has 33 heavy (non-hydrogen) atoms. The van der Waals surface area contributed by atoms with E-state index in [1.165, 1.54) is 15.6 Å². The lowest BCUT2D eigenvalue weighted by Crippen LogP contribution is -2.48. The average Bonchev–Trinajstić information content (AvgIpc) is 3.29. The van der Waals surface area contributed by atoms with Crippen LogP contribution in [0, 0.1) is 0 Å². The van der Waals surface area contributed by atoms with Crippen LogP contribution in [0.25, 0.3) is 20.7 Å². The maximum absolute atomic E-state index is 12.1. The molecule has 0 spiro atoms. The zero-order valence-electron chi connectivity index (χ0n) is 18.7. The predicted molar refractivity (Wildman–Crippen MR) is 135 cm³/mol. The summed E-state index contributed by atoms with van der Waals surface area (Å²) in [6, 6.07) is 10.9. The quantitative estimate of drug-likeness (QED) is 0.551. The molecule has 0 N–H and O–H groups in total. The van der Waals surface area contributed by atoms with Gasteiger partial charge in [0, 0.05) is 68.3 Å². The van der Waals surface area contributed by atoms with Crippen molar-refractivity contribution in [1.29, 1.82) is 0 Å². The summed E-state index contributed by atoms with van der Waals surface area (Å²) in [4.78, 5) is 18.1. The molecule has 2 saturated heterocycles. The third-order valence-electron chi connectivity index (χ3n) is 6.44. The number of fused-ring (bicyclic) bond motifs is 1. The van der Waals surface area contributed by atoms with E-state index in [0.29, 0.717) is 26.2 Å². The molecule has 8 nitrogen and oxygen atoms in total. The van der Waals surface area contributed by atoms with Gasteiger partial charge in [0.25, 0.3) is 0 Å². The van der Waals surface area contributed by atoms with Crippen LogP contribution in [0.3, 0.4) is 0 Å². The summed E-state index contributed by atoms with van der Waals surface area (Å²) in [6.07, 6.45) is 1.60. The zero-order valence-corrected chi connectivity index (χ0v) is 20.4. The third-order valence-corrected chi connectivity index (χ3v) is 9.04. The first-order valence-corrected chi connectivity index (χ1v) is 13.4. The minimum atomic E-state index is -3.38. The normalized spacial score (nSPS) is 18.7. The fourth-order valence-corrected chi connectivity index (χ4v) is 6.28. The molecule has 174 valence electrons. The van der Waals surface area contributed by atoms with Gasteiger partial charge in [-0.05, 0) is 30.8 Å². The summed E-state index contributed by atoms with van der Waals surface area (Å²) in [7, 11) is -1.21. The molecule has 0 amide bonds. The molecule has 10 heteroatoms. The van der Waals surface area contributed by atoms with Gasteiger partial charge in [-0.1, -0.05) is 18.7 Å². The van der Waals surface area contributed by atoms with Crippen LogP contribution in [0.4, 0.5) is 11.5 Å². The predicted octanol–water partition coefficient (Wildman–Crippen LogP) is 2.71. The first-order valence-electron chi connectivity index (χ1n) is 11.1. The first kappa shape index (κ1) is 22.3. The molecule has 2 fully saturated rings. The molecule has 3 aromatic rings. The summed E-state index contributed by atoms with van der Waals surface area (Å²) in [5.74, 6) is 0.868. The van der Waals surface area contributed by atoms with Crippen LogP contribution < -0.4 is 9.80 Å². The van der Waals surface area contributed by atoms with E-state index in [-0.39, 0.29) is 0 Å². The van der Waals surface area contributed by atoms with Crippen LogP contribution >= 0.6 is 11.3 Å². The first-order chi connectivity index (χ1) is 15.9. The fraction of sp³-hybridized carbons (Fsp3) is 0.391. The highest BCUT2D eigenvalue weighted by atomic mass is 32.2. The topological polar surface area (TPSA) is 72.9 Å². The largest absolute Gasteiger partial charge is 0.369 e. The van der Waals surface area contributed by atoms with Crippen LogP contribution in [0.15, 0.2) is 48.6 Å². The number of benzene rings is 1. The van der Waals surface area contributed by atoms with Crippen LogP contribution in [0.2, 0.25) is 0 Å². The number of hydrogen-bond acceptors (Lipinski definition) is 8. The molecule has 2 aromatic heterocycles. The Morgan fingerprint density at radius 3 is 2.27 bits per heavy atom. The number of anilines is 2. The van der Waals surface area contributed by atoms with Gasteiger partial charge in [0.2, 0.25) is 10.0 Å². The number of thiophene rings is 1. The Kier molecular flexibility index (Phi) is 6.09. The van der Waals surface area contributed by atoms with E-state index in [1.807, 2.05) is 0 Å². The lowest BCUT2D eigenvalue weighted by molar-refractivity contribution is 0.313. The molecule has 4 heterocycles. The lowest BCUT2D eigenvalue weighted by Gasteiger charge is -2.34. The van der Waals surface area contributed by atoms with Crippen molar-refractivity contribution < 1.29 is 8.42 Å². The van der Waals surface area contributed by atoms with Gasteiger partial charge in [-0.15, -0.1) is 11.3 Å². The molecule has 0 unspecified atom stereocenters. The molecular formula is C23H28N6O2S2. The Hall–Kier alpha value is -2.53. The van der Waals surface area contributed by atoms with Crippen molar-refractivity contribution in [1.82, 2.24) is 19.2 Å². The van der Waals surface area contributed by atoms with Gasteiger partial charge >= 0.3 is 0 Å². The van der Waals surface area contributed by atoms with E-state index in [2.05, 4.69) is 68.6 Å². The van der Waals surface area contributed by atoms with Crippen molar-refractivity contribution in [3.8, 4) is 10.4 Å². The Morgan fingerprint density at radius 1 is 0.939 bits per heavy atom.